The van der Waals surface area contributed by atoms with Crippen LogP contribution in [0.4, 0.5) is 18.9 Å². The molecule has 1 saturated heterocycles. The van der Waals surface area contributed by atoms with Gasteiger partial charge in [0.15, 0.2) is 0 Å². The van der Waals surface area contributed by atoms with Crippen molar-refractivity contribution in [2.24, 2.45) is 23.7 Å². The Hall–Kier alpha value is -2.84. The third kappa shape index (κ3) is 2.98. The maximum absolute atomic E-state index is 13.0. The summed E-state index contributed by atoms with van der Waals surface area (Å²) in [5, 5.41) is 0. The van der Waals surface area contributed by atoms with E-state index in [9.17, 15) is 27.6 Å². The van der Waals surface area contributed by atoms with Gasteiger partial charge < -0.3 is 9.64 Å². The molecule has 9 heteroatoms. The minimum absolute atomic E-state index is 0.0688. The largest absolute Gasteiger partial charge is 0.573 e. The predicted octanol–water partition coefficient (Wildman–Crippen LogP) is 2.67. The van der Waals surface area contributed by atoms with Crippen molar-refractivity contribution < 1.29 is 32.3 Å². The number of halogens is 3. The molecule has 6 nitrogen and oxygen atoms in total. The summed E-state index contributed by atoms with van der Waals surface area (Å²) in [7, 11) is 0. The van der Waals surface area contributed by atoms with E-state index < -0.39 is 12.3 Å². The fourth-order valence-electron chi connectivity index (χ4n) is 5.37. The summed E-state index contributed by atoms with van der Waals surface area (Å²) < 4.78 is 41.4. The average Bonchev–Trinajstić information content (AvgIpc) is 3.36. The van der Waals surface area contributed by atoms with Crippen LogP contribution in [0.5, 0.6) is 5.75 Å². The molecule has 2 fully saturated rings. The Morgan fingerprint density at radius 2 is 1.77 bits per heavy atom. The summed E-state index contributed by atoms with van der Waals surface area (Å²) >= 11 is 0. The number of carbonyl (C=O) groups excluding carboxylic acids is 3. The van der Waals surface area contributed by atoms with Crippen LogP contribution in [0.3, 0.4) is 0 Å². The lowest BCUT2D eigenvalue weighted by Gasteiger charge is -2.31. The third-order valence-electron chi connectivity index (χ3n) is 6.56. The van der Waals surface area contributed by atoms with Crippen LogP contribution in [0.25, 0.3) is 0 Å². The topological polar surface area (TPSA) is 66.9 Å². The molecule has 158 valence electrons. The van der Waals surface area contributed by atoms with Gasteiger partial charge in [0.2, 0.25) is 17.7 Å². The normalized spacial score (nSPS) is 29.4. The van der Waals surface area contributed by atoms with Gasteiger partial charge >= 0.3 is 6.36 Å². The molecule has 1 aromatic carbocycles. The number of rotatable bonds is 3. The van der Waals surface area contributed by atoms with Crippen molar-refractivity contribution in [3.05, 3.63) is 35.9 Å². The van der Waals surface area contributed by atoms with Gasteiger partial charge in [-0.3, -0.25) is 19.3 Å². The number of amides is 3. The maximum Gasteiger partial charge on any atom is 0.573 e. The maximum atomic E-state index is 13.0. The van der Waals surface area contributed by atoms with Gasteiger partial charge in [-0.05, 0) is 54.9 Å². The lowest BCUT2D eigenvalue weighted by molar-refractivity contribution is -0.274. The van der Waals surface area contributed by atoms with E-state index >= 15 is 0 Å². The summed E-state index contributed by atoms with van der Waals surface area (Å²) in [6.07, 6.45) is 1.08. The van der Waals surface area contributed by atoms with Crippen molar-refractivity contribution in [2.75, 3.05) is 18.0 Å². The van der Waals surface area contributed by atoms with E-state index in [2.05, 4.69) is 4.74 Å². The monoisotopic (exact) mass is 420 g/mol. The molecule has 2 aliphatic heterocycles. The molecule has 4 atom stereocenters. The number of imide groups is 1. The first-order chi connectivity index (χ1) is 14.2. The number of hydrogen-bond donors (Lipinski definition) is 0. The average molecular weight is 420 g/mol. The second-order valence-electron chi connectivity index (χ2n) is 8.25. The predicted molar refractivity (Wildman–Crippen MR) is 98.2 cm³/mol. The molecule has 0 aromatic heterocycles. The van der Waals surface area contributed by atoms with Crippen LogP contribution in [0.15, 0.2) is 30.4 Å². The number of allylic oxidation sites excluding steroid dienone is 2. The number of anilines is 1. The van der Waals surface area contributed by atoms with Crippen molar-refractivity contribution in [3.63, 3.8) is 0 Å². The van der Waals surface area contributed by atoms with Crippen molar-refractivity contribution in [1.29, 1.82) is 0 Å². The Labute approximate surface area is 170 Å². The first-order valence-corrected chi connectivity index (χ1v) is 9.95. The molecule has 4 aliphatic rings. The molecule has 0 radical (unpaired) electrons. The van der Waals surface area contributed by atoms with Gasteiger partial charge in [-0.25, -0.2) is 0 Å². The Morgan fingerprint density at radius 3 is 2.40 bits per heavy atom. The molecule has 5 rings (SSSR count). The molecule has 2 heterocycles. The number of aryl methyl sites for hydroxylation is 1. The standard InChI is InChI=1S/C21H19F3N2O4/c22-21(23,24)30-14-5-6-15-11(9-14)2-1-7-25(15)16(27)10-26-19(28)17-12-3-4-13(8-12)18(17)20(26)29/h3-6,9,12-13,17-18H,1-2,7-8,10H2/t12-,13-,17+,18+/m0/s1. The smallest absolute Gasteiger partial charge is 0.406 e. The highest BCUT2D eigenvalue weighted by Gasteiger charge is 2.59. The van der Waals surface area contributed by atoms with Crippen molar-refractivity contribution in [3.8, 4) is 5.75 Å². The van der Waals surface area contributed by atoms with E-state index in [0.717, 1.165) is 17.4 Å². The molecule has 2 bridgehead atoms. The van der Waals surface area contributed by atoms with Gasteiger partial charge in [-0.2, -0.15) is 0 Å². The summed E-state index contributed by atoms with van der Waals surface area (Å²) in [6, 6.07) is 3.86. The number of nitrogens with zero attached hydrogens (tertiary/aromatic N) is 2. The van der Waals surface area contributed by atoms with Crippen molar-refractivity contribution >= 4 is 23.4 Å². The zero-order chi connectivity index (χ0) is 21.2. The van der Waals surface area contributed by atoms with Crippen LogP contribution in [-0.4, -0.2) is 42.1 Å². The number of benzene rings is 1. The molecule has 0 unspecified atom stereocenters. The van der Waals surface area contributed by atoms with Crippen LogP contribution in [0.1, 0.15) is 18.4 Å². The van der Waals surface area contributed by atoms with Gasteiger partial charge in [0.05, 0.1) is 11.8 Å². The first-order valence-electron chi connectivity index (χ1n) is 9.95. The summed E-state index contributed by atoms with van der Waals surface area (Å²) in [5.41, 5.74) is 1.05. The number of alkyl halides is 3. The molecule has 1 saturated carbocycles. The van der Waals surface area contributed by atoms with Crippen LogP contribution in [0, 0.1) is 23.7 Å². The van der Waals surface area contributed by atoms with Gasteiger partial charge in [0.1, 0.15) is 12.3 Å². The molecular weight excluding hydrogens is 401 g/mol. The number of hydrogen-bond acceptors (Lipinski definition) is 4. The zero-order valence-electron chi connectivity index (χ0n) is 15.9. The molecule has 2 aliphatic carbocycles. The van der Waals surface area contributed by atoms with E-state index in [1.54, 1.807) is 0 Å². The van der Waals surface area contributed by atoms with Gasteiger partial charge in [-0.15, -0.1) is 13.2 Å². The highest BCUT2D eigenvalue weighted by molar-refractivity contribution is 6.10. The second kappa shape index (κ2) is 6.58. The Bertz CT molecular complexity index is 943. The Kier molecular flexibility index (Phi) is 4.20. The van der Waals surface area contributed by atoms with Crippen LogP contribution >= 0.6 is 0 Å². The quantitative estimate of drug-likeness (QED) is 0.557. The highest BCUT2D eigenvalue weighted by Crippen LogP contribution is 2.52. The van der Waals surface area contributed by atoms with Crippen molar-refractivity contribution in [2.45, 2.75) is 25.6 Å². The van der Waals surface area contributed by atoms with Crippen LogP contribution in [-0.2, 0) is 20.8 Å². The van der Waals surface area contributed by atoms with Gasteiger partial charge in [0.25, 0.3) is 0 Å². The highest BCUT2D eigenvalue weighted by atomic mass is 19.4. The molecule has 0 spiro atoms. The molecule has 0 N–H and O–H groups in total. The number of ether oxygens (including phenoxy) is 1. The van der Waals surface area contributed by atoms with Crippen LogP contribution in [0.2, 0.25) is 0 Å². The fourth-order valence-corrected chi connectivity index (χ4v) is 5.37. The third-order valence-corrected chi connectivity index (χ3v) is 6.56. The van der Waals surface area contributed by atoms with E-state index in [1.165, 1.54) is 17.0 Å². The first kappa shape index (κ1) is 19.1. The summed E-state index contributed by atoms with van der Waals surface area (Å²) in [4.78, 5) is 41.1. The second-order valence-corrected chi connectivity index (χ2v) is 8.25. The lowest BCUT2D eigenvalue weighted by atomic mass is 9.85. The number of fused-ring (bicyclic) bond motifs is 6. The van der Waals surface area contributed by atoms with Crippen LogP contribution < -0.4 is 9.64 Å². The zero-order valence-corrected chi connectivity index (χ0v) is 15.9. The minimum atomic E-state index is -4.79. The fraction of sp³-hybridized carbons (Fsp3) is 0.476. The number of carbonyl (C=O) groups is 3. The Balaban J connectivity index is 1.33. The van der Waals surface area contributed by atoms with Gasteiger partial charge in [-0.1, -0.05) is 12.2 Å². The van der Waals surface area contributed by atoms with E-state index in [1.807, 2.05) is 12.2 Å². The van der Waals surface area contributed by atoms with Gasteiger partial charge in [0, 0.05) is 12.2 Å². The molecule has 30 heavy (non-hydrogen) atoms. The molecule has 1 aromatic rings. The molecular formula is C21H19F3N2O4. The van der Waals surface area contributed by atoms with E-state index in [0.29, 0.717) is 30.6 Å². The molecule has 3 amide bonds. The summed E-state index contributed by atoms with van der Waals surface area (Å²) in [5.74, 6) is -1.92. The summed E-state index contributed by atoms with van der Waals surface area (Å²) in [6.45, 7) is 0.0333. The van der Waals surface area contributed by atoms with E-state index in [-0.39, 0.29) is 47.8 Å². The SMILES string of the molecule is O=C1[C@H]2[C@H](C(=O)N1CC(=O)N1CCCc3cc(OC(F)(F)F)ccc31)[C@H]1C=C[C@H]2C1. The minimum Gasteiger partial charge on any atom is -0.406 e. The Morgan fingerprint density at radius 1 is 1.10 bits per heavy atom. The number of likely N-dealkylation sites (tertiary alicyclic amines) is 1. The van der Waals surface area contributed by atoms with E-state index in [4.69, 9.17) is 0 Å². The lowest BCUT2D eigenvalue weighted by Crippen LogP contribution is -2.45. The van der Waals surface area contributed by atoms with Crippen molar-refractivity contribution in [1.82, 2.24) is 4.90 Å².